The molecule has 0 amide bonds. The van der Waals surface area contributed by atoms with Gasteiger partial charge in [-0.15, -0.1) is 0 Å². The van der Waals surface area contributed by atoms with E-state index in [0.717, 1.165) is 46.8 Å². The lowest BCUT2D eigenvalue weighted by Crippen LogP contribution is -2.99. The first-order valence-electron chi connectivity index (χ1n) is 11.5. The van der Waals surface area contributed by atoms with Gasteiger partial charge in [-0.3, -0.25) is 0 Å². The van der Waals surface area contributed by atoms with E-state index in [2.05, 4.69) is 34.6 Å². The van der Waals surface area contributed by atoms with Crippen molar-refractivity contribution in [2.45, 2.75) is 26.0 Å². The fourth-order valence-electron chi connectivity index (χ4n) is 4.84. The van der Waals surface area contributed by atoms with Crippen molar-refractivity contribution in [2.24, 2.45) is 0 Å². The second-order valence-electron chi connectivity index (χ2n) is 8.71. The molecule has 4 N–H and O–H groups in total. The molecule has 35 heavy (non-hydrogen) atoms. The molecule has 2 heterocycles. The van der Waals surface area contributed by atoms with Gasteiger partial charge >= 0.3 is 0 Å². The fourth-order valence-corrected chi connectivity index (χ4v) is 4.84. The van der Waals surface area contributed by atoms with Crippen LogP contribution in [0, 0.1) is 12.1 Å². The average Bonchev–Trinajstić information content (AvgIpc) is 3.25. The summed E-state index contributed by atoms with van der Waals surface area (Å²) < 4.78 is 17.1. The van der Waals surface area contributed by atoms with Crippen molar-refractivity contribution in [3.8, 4) is 17.2 Å². The third-order valence-electron chi connectivity index (χ3n) is 6.62. The number of nitrogens with one attached hydrogen (secondary N) is 3. The molecule has 2 atom stereocenters. The van der Waals surface area contributed by atoms with E-state index in [4.69, 9.17) is 14.2 Å². The number of fused-ring (bicyclic) bond motifs is 3. The summed E-state index contributed by atoms with van der Waals surface area (Å²) in [6.07, 6.45) is 0.941. The van der Waals surface area contributed by atoms with E-state index in [9.17, 15) is 10.4 Å². The van der Waals surface area contributed by atoms with Crippen LogP contribution in [0.25, 0.3) is 10.9 Å². The Morgan fingerprint density at radius 2 is 1.86 bits per heavy atom. The van der Waals surface area contributed by atoms with Crippen molar-refractivity contribution in [3.63, 3.8) is 0 Å². The van der Waals surface area contributed by atoms with Crippen LogP contribution in [0.1, 0.15) is 34.0 Å². The van der Waals surface area contributed by atoms with E-state index < -0.39 is 5.23 Å². The number of H-pyrrole nitrogens is 1. The predicted molar refractivity (Wildman–Crippen MR) is 133 cm³/mol. The van der Waals surface area contributed by atoms with E-state index in [1.807, 2.05) is 12.1 Å². The van der Waals surface area contributed by atoms with Crippen LogP contribution in [0.4, 0.5) is 5.69 Å². The maximum Gasteiger partial charge on any atom is 0.166 e. The van der Waals surface area contributed by atoms with Crippen molar-refractivity contribution < 1.29 is 24.6 Å². The smallest absolute Gasteiger partial charge is 0.166 e. The predicted octanol–water partition coefficient (Wildman–Crippen LogP) is 3.71. The Morgan fingerprint density at radius 1 is 1.03 bits per heavy atom. The van der Waals surface area contributed by atoms with Crippen LogP contribution in [0.15, 0.2) is 54.6 Å². The molecule has 1 unspecified atom stereocenters. The van der Waals surface area contributed by atoms with Crippen molar-refractivity contribution in [1.29, 1.82) is 0 Å². The zero-order chi connectivity index (χ0) is 24.5. The number of hydrogen-bond donors (Lipinski definition) is 4. The Morgan fingerprint density at radius 3 is 2.60 bits per heavy atom. The molecule has 0 spiro atoms. The fraction of sp³-hybridized carbons (Fsp3) is 0.259. The second-order valence-corrected chi connectivity index (χ2v) is 8.71. The Labute approximate surface area is 203 Å². The SMILES string of the molecule is COc1ccc2[nH]c3c(c2c1)CCN[C@@H]3c1ccc(OC)c(COc2ccc([NH+]([O-])O)c(C)c2)c1. The zero-order valence-corrected chi connectivity index (χ0v) is 20.0. The number of ether oxygens (including phenoxy) is 3. The summed E-state index contributed by atoms with van der Waals surface area (Å²) in [5.41, 5.74) is 6.53. The number of aromatic amines is 1. The molecule has 0 radical (unpaired) electrons. The topological polar surface area (TPSA) is 103 Å². The van der Waals surface area contributed by atoms with Gasteiger partial charge < -0.3 is 29.7 Å². The van der Waals surface area contributed by atoms with Gasteiger partial charge in [0.05, 0.1) is 20.3 Å². The highest BCUT2D eigenvalue weighted by Crippen LogP contribution is 2.36. The van der Waals surface area contributed by atoms with Gasteiger partial charge in [-0.05, 0) is 66.9 Å². The molecule has 0 bridgehead atoms. The van der Waals surface area contributed by atoms with Crippen molar-refractivity contribution in [3.05, 3.63) is 87.8 Å². The molecule has 0 saturated heterocycles. The highest BCUT2D eigenvalue weighted by molar-refractivity contribution is 5.86. The highest BCUT2D eigenvalue weighted by atomic mass is 16.8. The molecular formula is C27H29N3O5. The van der Waals surface area contributed by atoms with Crippen molar-refractivity contribution >= 4 is 16.6 Å². The minimum absolute atomic E-state index is 0.0129. The van der Waals surface area contributed by atoms with Gasteiger partial charge in [-0.25, -0.2) is 5.21 Å². The zero-order valence-electron chi connectivity index (χ0n) is 20.0. The van der Waals surface area contributed by atoms with Crippen LogP contribution in [0.5, 0.6) is 17.2 Å². The summed E-state index contributed by atoms with van der Waals surface area (Å²) >= 11 is 0. The van der Waals surface area contributed by atoms with Crippen LogP contribution in [0.3, 0.4) is 0 Å². The highest BCUT2D eigenvalue weighted by Gasteiger charge is 2.26. The molecule has 1 aliphatic rings. The molecule has 0 fully saturated rings. The van der Waals surface area contributed by atoms with E-state index in [1.54, 1.807) is 39.3 Å². The monoisotopic (exact) mass is 475 g/mol. The number of rotatable bonds is 7. The van der Waals surface area contributed by atoms with E-state index in [-0.39, 0.29) is 11.7 Å². The van der Waals surface area contributed by atoms with Gasteiger partial charge in [0.15, 0.2) is 5.69 Å². The number of aryl methyl sites for hydroxylation is 1. The molecule has 0 saturated carbocycles. The molecular weight excluding hydrogens is 446 g/mol. The summed E-state index contributed by atoms with van der Waals surface area (Å²) in [6.45, 7) is 2.93. The van der Waals surface area contributed by atoms with Crippen LogP contribution in [0.2, 0.25) is 0 Å². The second kappa shape index (κ2) is 9.59. The van der Waals surface area contributed by atoms with Crippen LogP contribution in [-0.2, 0) is 13.0 Å². The van der Waals surface area contributed by atoms with Gasteiger partial charge in [0.2, 0.25) is 0 Å². The summed E-state index contributed by atoms with van der Waals surface area (Å²) in [5.74, 6) is 2.21. The summed E-state index contributed by atoms with van der Waals surface area (Å²) in [6, 6.07) is 17.3. The van der Waals surface area contributed by atoms with Gasteiger partial charge in [0, 0.05) is 40.3 Å². The Hall–Kier alpha value is -3.56. The molecule has 1 aromatic heterocycles. The number of quaternary nitrogens is 1. The summed E-state index contributed by atoms with van der Waals surface area (Å²) in [4.78, 5) is 3.61. The number of hydrogen-bond acceptors (Lipinski definition) is 6. The molecule has 1 aliphatic heterocycles. The standard InChI is InChI=1S/C27H29N3O5/c1-16-12-20(6-8-24(16)30(31)32)35-15-18-13-17(4-9-25(18)34-3)26-27-21(10-11-28-26)22-14-19(33-2)5-7-23(22)29-27/h4-9,12-14,26,28-31H,10-11,15H2,1-3H3/t26-/m1/s1. The third kappa shape index (κ3) is 4.44. The minimum Gasteiger partial charge on any atom is -0.595 e. The van der Waals surface area contributed by atoms with Gasteiger partial charge in [0.1, 0.15) is 23.9 Å². The van der Waals surface area contributed by atoms with Crippen molar-refractivity contribution in [1.82, 2.24) is 10.3 Å². The Bertz CT molecular complexity index is 1360. The molecule has 182 valence electrons. The van der Waals surface area contributed by atoms with Gasteiger partial charge in [-0.1, -0.05) is 6.07 Å². The third-order valence-corrected chi connectivity index (χ3v) is 6.62. The Balaban J connectivity index is 1.44. The summed E-state index contributed by atoms with van der Waals surface area (Å²) in [5, 5.41) is 24.4. The first kappa shape index (κ1) is 23.2. The maximum atomic E-state index is 11.3. The largest absolute Gasteiger partial charge is 0.595 e. The average molecular weight is 476 g/mol. The van der Waals surface area contributed by atoms with E-state index in [0.29, 0.717) is 17.9 Å². The van der Waals surface area contributed by atoms with Gasteiger partial charge in [0.25, 0.3) is 0 Å². The lowest BCUT2D eigenvalue weighted by atomic mass is 9.93. The van der Waals surface area contributed by atoms with E-state index in [1.165, 1.54) is 10.9 Å². The maximum absolute atomic E-state index is 11.3. The molecule has 4 aromatic rings. The lowest BCUT2D eigenvalue weighted by Gasteiger charge is -2.25. The summed E-state index contributed by atoms with van der Waals surface area (Å²) in [7, 11) is 3.33. The molecule has 3 aromatic carbocycles. The number of benzene rings is 3. The van der Waals surface area contributed by atoms with Crippen molar-refractivity contribution in [2.75, 3.05) is 20.8 Å². The number of methoxy groups -OCH3 is 2. The lowest BCUT2D eigenvalue weighted by molar-refractivity contribution is -0.991. The van der Waals surface area contributed by atoms with Crippen LogP contribution in [-0.4, -0.2) is 31.0 Å². The Kier molecular flexibility index (Phi) is 6.36. The minimum atomic E-state index is -0.946. The normalized spacial score (nSPS) is 16.1. The van der Waals surface area contributed by atoms with Crippen LogP contribution < -0.4 is 24.8 Å². The van der Waals surface area contributed by atoms with Gasteiger partial charge in [-0.2, -0.15) is 5.23 Å². The van der Waals surface area contributed by atoms with E-state index >= 15 is 0 Å². The molecule has 8 nitrogen and oxygen atoms in total. The first-order chi connectivity index (χ1) is 17.0. The van der Waals surface area contributed by atoms with Crippen LogP contribution >= 0.6 is 0 Å². The quantitative estimate of drug-likeness (QED) is 0.304. The number of aromatic nitrogens is 1. The molecule has 8 heteroatoms. The first-order valence-corrected chi connectivity index (χ1v) is 11.5. The molecule has 5 rings (SSSR count). The molecule has 0 aliphatic carbocycles.